The van der Waals surface area contributed by atoms with E-state index in [-0.39, 0.29) is 0 Å². The molecule has 0 radical (unpaired) electrons. The summed E-state index contributed by atoms with van der Waals surface area (Å²) in [4.78, 5) is 2.36. The smallest absolute Gasteiger partial charge is 0.143 e. The van der Waals surface area contributed by atoms with Crippen molar-refractivity contribution in [2.75, 3.05) is 4.90 Å². The molecule has 0 aliphatic carbocycles. The van der Waals surface area contributed by atoms with Crippen LogP contribution in [-0.2, 0) is 0 Å². The van der Waals surface area contributed by atoms with Gasteiger partial charge in [-0.3, -0.25) is 0 Å². The van der Waals surface area contributed by atoms with Crippen LogP contribution in [0.1, 0.15) is 0 Å². The summed E-state index contributed by atoms with van der Waals surface area (Å²) in [5, 5.41) is 4.70. The Balaban J connectivity index is 1.53. The van der Waals surface area contributed by atoms with Crippen molar-refractivity contribution in [3.8, 4) is 11.1 Å². The Labute approximate surface area is 209 Å². The minimum Gasteiger partial charge on any atom is -0.455 e. The van der Waals surface area contributed by atoms with E-state index in [9.17, 15) is 0 Å². The second-order valence-electron chi connectivity index (χ2n) is 8.97. The standard InChI is InChI=1S/C34H23NO/c1-2-14-25(15-3-1)35(31-22-10-13-24-12-4-5-16-26(24)31)32-21-8-6-17-27(32)29-19-11-20-30-28-18-7-9-23-33(28)36-34(29)30/h1-23H. The third-order valence-electron chi connectivity index (χ3n) is 6.86. The SMILES string of the molecule is c1ccc(N(c2ccccc2-c2cccc3c2oc2ccccc23)c2cccc3ccccc23)cc1. The summed E-state index contributed by atoms with van der Waals surface area (Å²) < 4.78 is 6.44. The number of furan rings is 1. The minimum atomic E-state index is 0.909. The summed E-state index contributed by atoms with van der Waals surface area (Å²) in [6, 6.07) is 49.0. The fraction of sp³-hybridized carbons (Fsp3) is 0. The summed E-state index contributed by atoms with van der Waals surface area (Å²) in [6.45, 7) is 0. The highest BCUT2D eigenvalue weighted by Gasteiger charge is 2.21. The molecule has 0 bridgehead atoms. The number of anilines is 3. The van der Waals surface area contributed by atoms with Crippen LogP contribution in [0.15, 0.2) is 144 Å². The normalized spacial score (nSPS) is 11.3. The molecule has 0 atom stereocenters. The van der Waals surface area contributed by atoms with E-state index < -0.39 is 0 Å². The maximum atomic E-state index is 6.44. The lowest BCUT2D eigenvalue weighted by atomic mass is 9.98. The average molecular weight is 462 g/mol. The van der Waals surface area contributed by atoms with E-state index in [0.717, 1.165) is 50.1 Å². The number of para-hydroxylation sites is 4. The molecule has 0 saturated carbocycles. The van der Waals surface area contributed by atoms with E-state index in [1.54, 1.807) is 0 Å². The lowest BCUT2D eigenvalue weighted by molar-refractivity contribution is 0.670. The molecule has 1 heterocycles. The lowest BCUT2D eigenvalue weighted by Crippen LogP contribution is -2.11. The largest absolute Gasteiger partial charge is 0.455 e. The second kappa shape index (κ2) is 8.44. The van der Waals surface area contributed by atoms with E-state index in [0.29, 0.717) is 0 Å². The van der Waals surface area contributed by atoms with Gasteiger partial charge in [0, 0.05) is 33.0 Å². The van der Waals surface area contributed by atoms with E-state index >= 15 is 0 Å². The van der Waals surface area contributed by atoms with Crippen molar-refractivity contribution in [3.63, 3.8) is 0 Å². The van der Waals surface area contributed by atoms with E-state index in [4.69, 9.17) is 4.42 Å². The predicted molar refractivity (Wildman–Crippen MR) is 151 cm³/mol. The highest BCUT2D eigenvalue weighted by Crippen LogP contribution is 2.45. The molecule has 6 aromatic carbocycles. The monoisotopic (exact) mass is 461 g/mol. The maximum absolute atomic E-state index is 6.44. The van der Waals surface area contributed by atoms with Crippen molar-refractivity contribution in [2.45, 2.75) is 0 Å². The highest BCUT2D eigenvalue weighted by molar-refractivity contribution is 6.11. The maximum Gasteiger partial charge on any atom is 0.143 e. The molecule has 2 nitrogen and oxygen atoms in total. The first kappa shape index (κ1) is 20.5. The van der Waals surface area contributed by atoms with Crippen LogP contribution in [-0.4, -0.2) is 0 Å². The molecule has 7 rings (SSSR count). The van der Waals surface area contributed by atoms with Crippen LogP contribution >= 0.6 is 0 Å². The molecular weight excluding hydrogens is 438 g/mol. The molecular formula is C34H23NO. The van der Waals surface area contributed by atoms with Gasteiger partial charge in [-0.15, -0.1) is 0 Å². The minimum absolute atomic E-state index is 0.909. The molecule has 0 unspecified atom stereocenters. The quantitative estimate of drug-likeness (QED) is 0.259. The van der Waals surface area contributed by atoms with Gasteiger partial charge in [0.15, 0.2) is 0 Å². The van der Waals surface area contributed by atoms with Gasteiger partial charge >= 0.3 is 0 Å². The van der Waals surface area contributed by atoms with Crippen molar-refractivity contribution >= 4 is 49.8 Å². The van der Waals surface area contributed by atoms with E-state index in [2.05, 4.69) is 132 Å². The van der Waals surface area contributed by atoms with Crippen LogP contribution in [0.5, 0.6) is 0 Å². The Morgan fingerprint density at radius 1 is 0.417 bits per heavy atom. The number of hydrogen-bond acceptors (Lipinski definition) is 2. The summed E-state index contributed by atoms with van der Waals surface area (Å²) in [7, 11) is 0. The van der Waals surface area contributed by atoms with Gasteiger partial charge in [-0.05, 0) is 35.7 Å². The Kier molecular flexibility index (Phi) is 4.82. The Morgan fingerprint density at radius 2 is 1.03 bits per heavy atom. The van der Waals surface area contributed by atoms with Crippen LogP contribution < -0.4 is 4.90 Å². The molecule has 36 heavy (non-hydrogen) atoms. The molecule has 170 valence electrons. The topological polar surface area (TPSA) is 16.4 Å². The van der Waals surface area contributed by atoms with Crippen LogP contribution in [0, 0.1) is 0 Å². The number of fused-ring (bicyclic) bond motifs is 4. The van der Waals surface area contributed by atoms with Gasteiger partial charge < -0.3 is 9.32 Å². The van der Waals surface area contributed by atoms with Gasteiger partial charge in [0.1, 0.15) is 11.2 Å². The van der Waals surface area contributed by atoms with Crippen LogP contribution in [0.25, 0.3) is 43.8 Å². The summed E-state index contributed by atoms with van der Waals surface area (Å²) in [6.07, 6.45) is 0. The molecule has 2 heteroatoms. The zero-order chi connectivity index (χ0) is 23.9. The highest BCUT2D eigenvalue weighted by atomic mass is 16.3. The van der Waals surface area contributed by atoms with Crippen molar-refractivity contribution < 1.29 is 4.42 Å². The number of benzene rings is 6. The molecule has 1 aromatic heterocycles. The molecule has 0 N–H and O–H groups in total. The number of hydrogen-bond donors (Lipinski definition) is 0. The Hall–Kier alpha value is -4.82. The fourth-order valence-corrected chi connectivity index (χ4v) is 5.24. The van der Waals surface area contributed by atoms with E-state index in [1.807, 2.05) is 12.1 Å². The Bertz CT molecular complexity index is 1840. The summed E-state index contributed by atoms with van der Waals surface area (Å²) in [5.41, 5.74) is 7.39. The van der Waals surface area contributed by atoms with E-state index in [1.165, 1.54) is 10.8 Å². The number of rotatable bonds is 4. The molecule has 7 aromatic rings. The van der Waals surface area contributed by atoms with Crippen LogP contribution in [0.2, 0.25) is 0 Å². The molecule has 0 aliphatic rings. The summed E-state index contributed by atoms with van der Waals surface area (Å²) >= 11 is 0. The predicted octanol–water partition coefficient (Wildman–Crippen LogP) is 9.88. The van der Waals surface area contributed by atoms with Gasteiger partial charge in [0.2, 0.25) is 0 Å². The lowest BCUT2D eigenvalue weighted by Gasteiger charge is -2.29. The van der Waals surface area contributed by atoms with Gasteiger partial charge in [-0.25, -0.2) is 0 Å². The van der Waals surface area contributed by atoms with Gasteiger partial charge in [0.05, 0.1) is 11.4 Å². The average Bonchev–Trinajstić information content (AvgIpc) is 3.33. The number of nitrogens with zero attached hydrogens (tertiary/aromatic N) is 1. The molecule has 0 aliphatic heterocycles. The zero-order valence-electron chi connectivity index (χ0n) is 19.6. The van der Waals surface area contributed by atoms with Crippen LogP contribution in [0.3, 0.4) is 0 Å². The first-order valence-electron chi connectivity index (χ1n) is 12.2. The van der Waals surface area contributed by atoms with Gasteiger partial charge in [-0.2, -0.15) is 0 Å². The third-order valence-corrected chi connectivity index (χ3v) is 6.86. The molecule has 0 fully saturated rings. The molecule has 0 amide bonds. The summed E-state index contributed by atoms with van der Waals surface area (Å²) in [5.74, 6) is 0. The second-order valence-corrected chi connectivity index (χ2v) is 8.97. The third kappa shape index (κ3) is 3.27. The zero-order valence-corrected chi connectivity index (χ0v) is 19.6. The van der Waals surface area contributed by atoms with Crippen molar-refractivity contribution in [1.82, 2.24) is 0 Å². The molecule has 0 spiro atoms. The molecule has 0 saturated heterocycles. The van der Waals surface area contributed by atoms with Crippen molar-refractivity contribution in [2.24, 2.45) is 0 Å². The first-order valence-corrected chi connectivity index (χ1v) is 12.2. The Morgan fingerprint density at radius 3 is 1.94 bits per heavy atom. The van der Waals surface area contributed by atoms with Crippen molar-refractivity contribution in [1.29, 1.82) is 0 Å². The fourth-order valence-electron chi connectivity index (χ4n) is 5.24. The van der Waals surface area contributed by atoms with Crippen molar-refractivity contribution in [3.05, 3.63) is 140 Å². The van der Waals surface area contributed by atoms with Crippen LogP contribution in [0.4, 0.5) is 17.1 Å². The first-order chi connectivity index (χ1) is 17.9. The van der Waals surface area contributed by atoms with Gasteiger partial charge in [0.25, 0.3) is 0 Å². The van der Waals surface area contributed by atoms with Gasteiger partial charge in [-0.1, -0.05) is 109 Å².